The van der Waals surface area contributed by atoms with Crippen LogP contribution in [0, 0.1) is 5.82 Å². The van der Waals surface area contributed by atoms with Gasteiger partial charge in [0.25, 0.3) is 0 Å². The smallest absolute Gasteiger partial charge is 0.320 e. The van der Waals surface area contributed by atoms with Crippen LogP contribution in [0.5, 0.6) is 0 Å². The minimum Gasteiger partial charge on any atom is -0.409 e. The molecule has 33 heavy (non-hydrogen) atoms. The van der Waals surface area contributed by atoms with Gasteiger partial charge in [-0.05, 0) is 54.8 Å². The first-order valence-corrected chi connectivity index (χ1v) is 10.6. The van der Waals surface area contributed by atoms with Crippen molar-refractivity contribution in [3.63, 3.8) is 0 Å². The molecule has 0 atom stereocenters. The minimum atomic E-state index is -0.491. The summed E-state index contributed by atoms with van der Waals surface area (Å²) in [6.45, 7) is 0.278. The van der Waals surface area contributed by atoms with Crippen LogP contribution in [0.1, 0.15) is 11.4 Å². The highest BCUT2D eigenvalue weighted by Gasteiger charge is 2.34. The van der Waals surface area contributed by atoms with Crippen LogP contribution in [0.2, 0.25) is 0 Å². The number of benzene rings is 1. The number of nitrogens with two attached hydrogens (primary N) is 1. The first kappa shape index (κ1) is 22.3. The Labute approximate surface area is 195 Å². The molecule has 0 radical (unpaired) electrons. The molecule has 17 heteroatoms. The largest absolute Gasteiger partial charge is 0.409 e. The highest BCUT2D eigenvalue weighted by atomic mass is 79.9. The zero-order valence-corrected chi connectivity index (χ0v) is 18.5. The van der Waals surface area contributed by atoms with Crippen LogP contribution in [-0.4, -0.2) is 55.7 Å². The van der Waals surface area contributed by atoms with E-state index in [1.165, 1.54) is 34.9 Å². The normalized spacial score (nSPS) is 13.6. The Kier molecular flexibility index (Phi) is 6.53. The molecule has 4 rings (SSSR count). The summed E-state index contributed by atoms with van der Waals surface area (Å²) >= 11 is 4.31. The van der Waals surface area contributed by atoms with Crippen molar-refractivity contribution in [2.45, 2.75) is 5.03 Å². The van der Waals surface area contributed by atoms with E-state index in [0.29, 0.717) is 16.5 Å². The highest BCUT2D eigenvalue weighted by Crippen LogP contribution is 2.32. The number of hydrogen-bond donors (Lipinski definition) is 3. The van der Waals surface area contributed by atoms with E-state index in [4.69, 9.17) is 20.4 Å². The molecule has 0 bridgehead atoms. The lowest BCUT2D eigenvalue weighted by molar-refractivity contribution is 0.248. The van der Waals surface area contributed by atoms with E-state index in [1.807, 2.05) is 0 Å². The Balaban J connectivity index is 1.47. The predicted octanol–water partition coefficient (Wildman–Crippen LogP) is 1.33. The van der Waals surface area contributed by atoms with Crippen molar-refractivity contribution in [3.8, 4) is 0 Å². The molecular formula is C16H11BrFN9O5S. The number of amidine groups is 2. The van der Waals surface area contributed by atoms with E-state index in [2.05, 4.69) is 56.8 Å². The van der Waals surface area contributed by atoms with Crippen molar-refractivity contribution in [1.82, 2.24) is 25.9 Å². The number of nitrogen functional groups attached to an aromatic ring is 1. The SMILES string of the molecule is Nc1nonc1C(=NO)NCCSc1nonc1C1=NOC(=C=O)N1c1ccc(F)c(Br)c1. The third-order valence-corrected chi connectivity index (χ3v) is 5.58. The number of oxime groups is 2. The van der Waals surface area contributed by atoms with Crippen molar-refractivity contribution in [1.29, 1.82) is 0 Å². The molecule has 0 saturated carbocycles. The molecule has 0 unspecified atom stereocenters. The van der Waals surface area contributed by atoms with Gasteiger partial charge in [-0.25, -0.2) is 23.3 Å². The average Bonchev–Trinajstić information content (AvgIpc) is 3.55. The maximum absolute atomic E-state index is 13.7. The van der Waals surface area contributed by atoms with Crippen LogP contribution in [0.3, 0.4) is 0 Å². The third kappa shape index (κ3) is 4.50. The van der Waals surface area contributed by atoms with Crippen LogP contribution in [0.15, 0.2) is 53.2 Å². The van der Waals surface area contributed by atoms with Gasteiger partial charge >= 0.3 is 5.88 Å². The van der Waals surface area contributed by atoms with Crippen LogP contribution in [0.25, 0.3) is 0 Å². The van der Waals surface area contributed by atoms with Crippen LogP contribution in [0.4, 0.5) is 15.9 Å². The average molecular weight is 540 g/mol. The molecule has 0 aliphatic carbocycles. The molecule has 170 valence electrons. The maximum Gasteiger partial charge on any atom is 0.320 e. The first-order valence-electron chi connectivity index (χ1n) is 8.78. The zero-order chi connectivity index (χ0) is 23.4. The zero-order valence-electron chi connectivity index (χ0n) is 16.1. The molecule has 0 amide bonds. The number of carbonyl (C=O) groups excluding carboxylic acids is 1. The van der Waals surface area contributed by atoms with Crippen molar-refractivity contribution >= 4 is 56.8 Å². The van der Waals surface area contributed by atoms with E-state index in [-0.39, 0.29) is 45.8 Å². The number of aromatic nitrogens is 4. The minimum absolute atomic E-state index is 0.0322. The molecule has 1 aliphatic rings. The second kappa shape index (κ2) is 9.68. The monoisotopic (exact) mass is 539 g/mol. The number of thioether (sulfide) groups is 1. The fraction of sp³-hybridized carbons (Fsp3) is 0.125. The predicted molar refractivity (Wildman–Crippen MR) is 113 cm³/mol. The Morgan fingerprint density at radius 1 is 1.33 bits per heavy atom. The maximum atomic E-state index is 13.7. The standard InChI is InChI=1S/C16H11BrFN9O5S/c17-8-5-7(1-2-9(8)18)27-10(6-28)30-25-15(27)12-16(26-32-23-12)33-4-3-20-14(21-29)11-13(19)24-31-22-11/h1-2,5,29H,3-4H2,(H2,19,24)(H,20,21). The van der Waals surface area contributed by atoms with Gasteiger partial charge in [-0.2, -0.15) is 0 Å². The molecule has 4 N–H and O–H groups in total. The fourth-order valence-corrected chi connectivity index (χ4v) is 3.71. The highest BCUT2D eigenvalue weighted by molar-refractivity contribution is 9.10. The Morgan fingerprint density at radius 3 is 2.85 bits per heavy atom. The molecule has 0 fully saturated rings. The molecule has 0 saturated heterocycles. The molecule has 0 spiro atoms. The van der Waals surface area contributed by atoms with Gasteiger partial charge < -0.3 is 21.1 Å². The number of rotatable bonds is 7. The van der Waals surface area contributed by atoms with E-state index < -0.39 is 5.82 Å². The first-order chi connectivity index (χ1) is 16.0. The lowest BCUT2D eigenvalue weighted by Crippen LogP contribution is -2.28. The van der Waals surface area contributed by atoms with Gasteiger partial charge in [0, 0.05) is 12.3 Å². The van der Waals surface area contributed by atoms with E-state index in [1.54, 1.807) is 5.94 Å². The molecule has 1 aliphatic heterocycles. The second-order valence-corrected chi connectivity index (χ2v) is 7.93. The van der Waals surface area contributed by atoms with Crippen LogP contribution >= 0.6 is 27.7 Å². The van der Waals surface area contributed by atoms with Crippen molar-refractivity contribution < 1.29 is 28.5 Å². The van der Waals surface area contributed by atoms with Gasteiger partial charge in [-0.1, -0.05) is 22.1 Å². The fourth-order valence-electron chi connectivity index (χ4n) is 2.60. The Morgan fingerprint density at radius 2 is 2.15 bits per heavy atom. The van der Waals surface area contributed by atoms with Gasteiger partial charge in [0.1, 0.15) is 5.82 Å². The van der Waals surface area contributed by atoms with E-state index in [0.717, 1.165) is 0 Å². The summed E-state index contributed by atoms with van der Waals surface area (Å²) in [6, 6.07) is 4.06. The topological polar surface area (TPSA) is 190 Å². The molecule has 3 heterocycles. The van der Waals surface area contributed by atoms with Gasteiger partial charge in [0.05, 0.1) is 10.2 Å². The van der Waals surface area contributed by atoms with Gasteiger partial charge in [0.2, 0.25) is 5.84 Å². The van der Waals surface area contributed by atoms with Gasteiger partial charge in [0.15, 0.2) is 34.0 Å². The second-order valence-electron chi connectivity index (χ2n) is 5.99. The summed E-state index contributed by atoms with van der Waals surface area (Å²) in [6.07, 6.45) is 0. The van der Waals surface area contributed by atoms with Crippen molar-refractivity contribution in [2.75, 3.05) is 22.9 Å². The number of nitrogens with zero attached hydrogens (tertiary/aromatic N) is 7. The van der Waals surface area contributed by atoms with Gasteiger partial charge in [-0.3, -0.25) is 0 Å². The van der Waals surface area contributed by atoms with Crippen molar-refractivity contribution in [2.24, 2.45) is 10.3 Å². The van der Waals surface area contributed by atoms with Crippen LogP contribution < -0.4 is 16.0 Å². The number of nitrogens with one attached hydrogen (secondary N) is 1. The summed E-state index contributed by atoms with van der Waals surface area (Å²) in [5.41, 5.74) is 6.16. The summed E-state index contributed by atoms with van der Waals surface area (Å²) in [5.74, 6) is 1.27. The third-order valence-electron chi connectivity index (χ3n) is 4.02. The Hall–Kier alpha value is -3.95. The molecular weight excluding hydrogens is 529 g/mol. The van der Waals surface area contributed by atoms with Crippen molar-refractivity contribution in [3.05, 3.63) is 45.8 Å². The summed E-state index contributed by atoms with van der Waals surface area (Å²) in [7, 11) is 0. The molecule has 2 aromatic heterocycles. The summed E-state index contributed by atoms with van der Waals surface area (Å²) in [5, 5.41) is 33.9. The van der Waals surface area contributed by atoms with E-state index in [9.17, 15) is 9.18 Å². The quantitative estimate of drug-likeness (QED) is 0.0741. The molecule has 14 nitrogen and oxygen atoms in total. The number of anilines is 2. The van der Waals surface area contributed by atoms with Gasteiger partial charge in [-0.15, -0.1) is 0 Å². The van der Waals surface area contributed by atoms with Crippen LogP contribution in [-0.2, 0) is 9.63 Å². The Bertz CT molecular complexity index is 1290. The van der Waals surface area contributed by atoms with E-state index >= 15 is 0 Å². The summed E-state index contributed by atoms with van der Waals surface area (Å²) in [4.78, 5) is 17.7. The lowest BCUT2D eigenvalue weighted by Gasteiger charge is -2.16. The molecule has 3 aromatic rings. The lowest BCUT2D eigenvalue weighted by atomic mass is 10.2. The molecule has 1 aromatic carbocycles. The number of halogens is 2. The number of hydrogen-bond acceptors (Lipinski definition) is 14. The summed E-state index contributed by atoms with van der Waals surface area (Å²) < 4.78 is 23.1.